The number of primary amides is 1. The lowest BCUT2D eigenvalue weighted by Gasteiger charge is -2.12. The predicted octanol–water partition coefficient (Wildman–Crippen LogP) is 3.19. The van der Waals surface area contributed by atoms with E-state index in [9.17, 15) is 9.59 Å². The van der Waals surface area contributed by atoms with Crippen molar-refractivity contribution in [2.45, 2.75) is 0 Å². The first-order valence-electron chi connectivity index (χ1n) is 6.85. The van der Waals surface area contributed by atoms with Gasteiger partial charge in [-0.1, -0.05) is 48.5 Å². The van der Waals surface area contributed by atoms with Crippen LogP contribution in [0.15, 0.2) is 66.7 Å². The van der Waals surface area contributed by atoms with Crippen molar-refractivity contribution in [1.29, 1.82) is 0 Å². The lowest BCUT2D eigenvalue weighted by atomic mass is 10.0. The summed E-state index contributed by atoms with van der Waals surface area (Å²) in [6.45, 7) is 0. The van der Waals surface area contributed by atoms with Crippen LogP contribution in [-0.4, -0.2) is 11.8 Å². The molecule has 0 atom stereocenters. The monoisotopic (exact) mass is 290 g/mol. The number of carbonyl (C=O) groups is 2. The molecule has 3 aromatic carbocycles. The molecule has 2 amide bonds. The Morgan fingerprint density at radius 2 is 1.50 bits per heavy atom. The Kier molecular flexibility index (Phi) is 3.58. The topological polar surface area (TPSA) is 72.2 Å². The van der Waals surface area contributed by atoms with Crippen LogP contribution in [0.3, 0.4) is 0 Å². The molecule has 3 rings (SSSR count). The second kappa shape index (κ2) is 5.69. The average Bonchev–Trinajstić information content (AvgIpc) is 2.55. The third-order valence-corrected chi connectivity index (χ3v) is 3.46. The molecule has 0 bridgehead atoms. The zero-order chi connectivity index (χ0) is 15.5. The van der Waals surface area contributed by atoms with Crippen molar-refractivity contribution in [3.05, 3.63) is 77.9 Å². The van der Waals surface area contributed by atoms with Crippen molar-refractivity contribution in [2.75, 3.05) is 5.32 Å². The summed E-state index contributed by atoms with van der Waals surface area (Å²) in [7, 11) is 0. The number of hydrogen-bond acceptors (Lipinski definition) is 2. The van der Waals surface area contributed by atoms with E-state index < -0.39 is 5.91 Å². The summed E-state index contributed by atoms with van der Waals surface area (Å²) in [5.74, 6) is -0.849. The predicted molar refractivity (Wildman–Crippen MR) is 86.9 cm³/mol. The highest BCUT2D eigenvalue weighted by Crippen LogP contribution is 2.26. The molecule has 0 heterocycles. The quantitative estimate of drug-likeness (QED) is 0.777. The Balaban J connectivity index is 2.06. The van der Waals surface area contributed by atoms with Gasteiger partial charge in [0.2, 0.25) is 0 Å². The van der Waals surface area contributed by atoms with Crippen LogP contribution in [-0.2, 0) is 0 Å². The fourth-order valence-corrected chi connectivity index (χ4v) is 2.43. The molecule has 0 saturated carbocycles. The molecule has 0 unspecified atom stereocenters. The minimum absolute atomic E-state index is 0.279. The van der Waals surface area contributed by atoms with Crippen LogP contribution in [0.1, 0.15) is 20.7 Å². The van der Waals surface area contributed by atoms with E-state index in [1.807, 2.05) is 36.4 Å². The van der Waals surface area contributed by atoms with Gasteiger partial charge in [0, 0.05) is 5.56 Å². The molecule has 4 nitrogen and oxygen atoms in total. The van der Waals surface area contributed by atoms with Gasteiger partial charge in [0.05, 0.1) is 11.3 Å². The maximum Gasteiger partial charge on any atom is 0.255 e. The summed E-state index contributed by atoms with van der Waals surface area (Å²) in [5.41, 5.74) is 6.76. The fourth-order valence-electron chi connectivity index (χ4n) is 2.43. The number of carbonyl (C=O) groups excluding carboxylic acids is 2. The van der Waals surface area contributed by atoms with Crippen molar-refractivity contribution in [3.63, 3.8) is 0 Å². The van der Waals surface area contributed by atoms with E-state index >= 15 is 0 Å². The summed E-state index contributed by atoms with van der Waals surface area (Å²) in [5, 5.41) is 4.38. The second-order valence-electron chi connectivity index (χ2n) is 4.89. The zero-order valence-electron chi connectivity index (χ0n) is 11.7. The SMILES string of the molecule is NC(=O)c1c(NC(=O)c2ccccc2)ccc2ccccc12. The van der Waals surface area contributed by atoms with Gasteiger partial charge in [-0.15, -0.1) is 0 Å². The molecule has 0 spiro atoms. The molecule has 0 aromatic heterocycles. The number of benzene rings is 3. The Morgan fingerprint density at radius 1 is 0.818 bits per heavy atom. The highest BCUT2D eigenvalue weighted by Gasteiger charge is 2.15. The van der Waals surface area contributed by atoms with E-state index in [-0.39, 0.29) is 5.91 Å². The molecule has 0 fully saturated rings. The van der Waals surface area contributed by atoms with E-state index in [1.54, 1.807) is 30.3 Å². The molecule has 0 aliphatic rings. The smallest absolute Gasteiger partial charge is 0.255 e. The molecular weight excluding hydrogens is 276 g/mol. The Hall–Kier alpha value is -3.14. The molecule has 0 aliphatic carbocycles. The second-order valence-corrected chi connectivity index (χ2v) is 4.89. The number of amides is 2. The first kappa shape index (κ1) is 13.8. The number of nitrogens with two attached hydrogens (primary N) is 1. The highest BCUT2D eigenvalue weighted by atomic mass is 16.2. The van der Waals surface area contributed by atoms with Crippen LogP contribution in [0, 0.1) is 0 Å². The summed E-state index contributed by atoms with van der Waals surface area (Å²) < 4.78 is 0. The molecular formula is C18H14N2O2. The first-order chi connectivity index (χ1) is 10.7. The van der Waals surface area contributed by atoms with Gasteiger partial charge in [-0.3, -0.25) is 9.59 Å². The maximum absolute atomic E-state index is 12.3. The van der Waals surface area contributed by atoms with Gasteiger partial charge in [-0.25, -0.2) is 0 Å². The number of fused-ring (bicyclic) bond motifs is 1. The average molecular weight is 290 g/mol. The highest BCUT2D eigenvalue weighted by molar-refractivity contribution is 6.15. The third-order valence-electron chi connectivity index (χ3n) is 3.46. The number of rotatable bonds is 3. The number of nitrogens with one attached hydrogen (secondary N) is 1. The Morgan fingerprint density at radius 3 is 2.23 bits per heavy atom. The molecule has 108 valence electrons. The van der Waals surface area contributed by atoms with Crippen LogP contribution in [0.2, 0.25) is 0 Å². The van der Waals surface area contributed by atoms with Crippen molar-refractivity contribution >= 4 is 28.3 Å². The Bertz CT molecular complexity index is 857. The maximum atomic E-state index is 12.3. The van der Waals surface area contributed by atoms with Crippen LogP contribution in [0.5, 0.6) is 0 Å². The largest absolute Gasteiger partial charge is 0.366 e. The van der Waals surface area contributed by atoms with E-state index in [0.717, 1.165) is 10.8 Å². The van der Waals surface area contributed by atoms with Gasteiger partial charge >= 0.3 is 0 Å². The van der Waals surface area contributed by atoms with Crippen molar-refractivity contribution in [3.8, 4) is 0 Å². The lowest BCUT2D eigenvalue weighted by molar-refractivity contribution is 0.100. The minimum atomic E-state index is -0.569. The standard InChI is InChI=1S/C18H14N2O2/c19-17(21)16-14-9-5-4-6-12(14)10-11-15(16)20-18(22)13-7-2-1-3-8-13/h1-11H,(H2,19,21)(H,20,22). The van der Waals surface area contributed by atoms with Crippen LogP contribution in [0.25, 0.3) is 10.8 Å². The molecule has 3 N–H and O–H groups in total. The van der Waals surface area contributed by atoms with E-state index in [4.69, 9.17) is 5.73 Å². The van der Waals surface area contributed by atoms with Crippen LogP contribution in [0.4, 0.5) is 5.69 Å². The van der Waals surface area contributed by atoms with Crippen LogP contribution < -0.4 is 11.1 Å². The molecule has 0 aliphatic heterocycles. The molecule has 22 heavy (non-hydrogen) atoms. The summed E-state index contributed by atoms with van der Waals surface area (Å²) >= 11 is 0. The van der Waals surface area contributed by atoms with Gasteiger partial charge < -0.3 is 11.1 Å². The fraction of sp³-hybridized carbons (Fsp3) is 0. The van der Waals surface area contributed by atoms with Crippen molar-refractivity contribution < 1.29 is 9.59 Å². The van der Waals surface area contributed by atoms with Gasteiger partial charge in [0.25, 0.3) is 11.8 Å². The van der Waals surface area contributed by atoms with E-state index in [2.05, 4.69) is 5.32 Å². The number of hydrogen-bond donors (Lipinski definition) is 2. The van der Waals surface area contributed by atoms with Gasteiger partial charge in [-0.2, -0.15) is 0 Å². The zero-order valence-corrected chi connectivity index (χ0v) is 11.7. The molecule has 0 saturated heterocycles. The summed E-state index contributed by atoms with van der Waals surface area (Å²) in [6.07, 6.45) is 0. The summed E-state index contributed by atoms with van der Waals surface area (Å²) in [6, 6.07) is 19.8. The molecule has 0 radical (unpaired) electrons. The minimum Gasteiger partial charge on any atom is -0.366 e. The third kappa shape index (κ3) is 2.54. The van der Waals surface area contributed by atoms with Gasteiger partial charge in [-0.05, 0) is 29.0 Å². The van der Waals surface area contributed by atoms with E-state index in [1.165, 1.54) is 0 Å². The van der Waals surface area contributed by atoms with Gasteiger partial charge in [0.1, 0.15) is 0 Å². The molecule has 3 aromatic rings. The van der Waals surface area contributed by atoms with Gasteiger partial charge in [0.15, 0.2) is 0 Å². The first-order valence-corrected chi connectivity index (χ1v) is 6.85. The summed E-state index contributed by atoms with van der Waals surface area (Å²) in [4.78, 5) is 24.1. The van der Waals surface area contributed by atoms with Crippen molar-refractivity contribution in [1.82, 2.24) is 0 Å². The number of anilines is 1. The normalized spacial score (nSPS) is 10.4. The molecule has 4 heteroatoms. The lowest BCUT2D eigenvalue weighted by Crippen LogP contribution is -2.18. The van der Waals surface area contributed by atoms with Crippen molar-refractivity contribution in [2.24, 2.45) is 5.73 Å². The van der Waals surface area contributed by atoms with E-state index in [0.29, 0.717) is 16.8 Å². The Labute approximate surface area is 127 Å². The van der Waals surface area contributed by atoms with Crippen LogP contribution >= 0.6 is 0 Å².